The second-order valence-electron chi connectivity index (χ2n) is 8.36. The minimum absolute atomic E-state index is 0.0164. The van der Waals surface area contributed by atoms with E-state index in [2.05, 4.69) is 15.3 Å². The molecule has 0 spiro atoms. The molecule has 2 aliphatic rings. The van der Waals surface area contributed by atoms with E-state index in [0.717, 1.165) is 6.20 Å². The van der Waals surface area contributed by atoms with Gasteiger partial charge in [-0.1, -0.05) is 0 Å². The van der Waals surface area contributed by atoms with Gasteiger partial charge in [-0.05, 0) is 18.2 Å². The van der Waals surface area contributed by atoms with Gasteiger partial charge in [0.05, 0.1) is 37.2 Å². The average molecular weight is 500 g/mol. The molecule has 3 aromatic rings. The first kappa shape index (κ1) is 24.0. The Morgan fingerprint density at radius 2 is 2.03 bits per heavy atom. The molecular weight excluding hydrogens is 475 g/mol. The Morgan fingerprint density at radius 1 is 1.22 bits per heavy atom. The molecule has 2 aliphatic heterocycles. The van der Waals surface area contributed by atoms with Gasteiger partial charge < -0.3 is 34.5 Å². The monoisotopic (exact) mass is 500 g/mol. The molecule has 1 fully saturated rings. The molecule has 11 nitrogen and oxygen atoms in total. The van der Waals surface area contributed by atoms with Gasteiger partial charge in [0.1, 0.15) is 30.7 Å². The quantitative estimate of drug-likeness (QED) is 0.416. The summed E-state index contributed by atoms with van der Waals surface area (Å²) in [7, 11) is 1.46. The van der Waals surface area contributed by atoms with Crippen LogP contribution >= 0.6 is 0 Å². The van der Waals surface area contributed by atoms with E-state index in [-0.39, 0.29) is 25.2 Å². The summed E-state index contributed by atoms with van der Waals surface area (Å²) >= 11 is 0. The van der Waals surface area contributed by atoms with Crippen LogP contribution in [-0.2, 0) is 11.3 Å². The third-order valence-electron chi connectivity index (χ3n) is 6.05. The number of fused-ring (bicyclic) bond motifs is 2. The number of amides is 1. The number of methoxy groups -OCH3 is 1. The highest BCUT2D eigenvalue weighted by molar-refractivity contribution is 5.90. The fraction of sp³-hybridized carbons (Fsp3) is 0.375. The van der Waals surface area contributed by atoms with Gasteiger partial charge in [-0.3, -0.25) is 9.88 Å². The first-order valence-corrected chi connectivity index (χ1v) is 11.4. The number of aliphatic hydroxyl groups excluding tert-OH is 2. The maximum atomic E-state index is 14.5. The van der Waals surface area contributed by atoms with E-state index in [1.807, 2.05) is 0 Å². The van der Waals surface area contributed by atoms with E-state index in [4.69, 9.17) is 18.9 Å². The molecule has 190 valence electrons. The fourth-order valence-corrected chi connectivity index (χ4v) is 4.15. The minimum Gasteiger partial charge on any atom is -0.486 e. The molecule has 5 rings (SSSR count). The lowest BCUT2D eigenvalue weighted by Gasteiger charge is -2.23. The van der Waals surface area contributed by atoms with Gasteiger partial charge in [0.25, 0.3) is 0 Å². The summed E-state index contributed by atoms with van der Waals surface area (Å²) in [5.41, 5.74) is 1.59. The normalized spacial score (nSPS) is 18.7. The third kappa shape index (κ3) is 4.70. The Kier molecular flexibility index (Phi) is 6.72. The molecule has 1 unspecified atom stereocenters. The average Bonchev–Trinajstić information content (AvgIpc) is 3.30. The van der Waals surface area contributed by atoms with Crippen molar-refractivity contribution in [2.75, 3.05) is 38.3 Å². The van der Waals surface area contributed by atoms with Gasteiger partial charge in [-0.25, -0.2) is 14.2 Å². The number of aromatic nitrogens is 2. The number of carbonyl (C=O) groups is 1. The van der Waals surface area contributed by atoms with E-state index in [1.165, 1.54) is 12.0 Å². The molecule has 1 aromatic carbocycles. The van der Waals surface area contributed by atoms with Crippen LogP contribution in [-0.4, -0.2) is 78.0 Å². The smallest absolute Gasteiger partial charge is 0.414 e. The number of ether oxygens (including phenoxy) is 4. The summed E-state index contributed by atoms with van der Waals surface area (Å²) in [5, 5.41) is 24.1. The Balaban J connectivity index is 1.21. The fourth-order valence-electron chi connectivity index (χ4n) is 4.15. The predicted molar refractivity (Wildman–Crippen MR) is 125 cm³/mol. The van der Waals surface area contributed by atoms with E-state index >= 15 is 0 Å². The van der Waals surface area contributed by atoms with Crippen molar-refractivity contribution < 1.29 is 38.3 Å². The molecule has 1 amide bonds. The lowest BCUT2D eigenvalue weighted by atomic mass is 10.1. The molecule has 3 N–H and O–H groups in total. The Bertz CT molecular complexity index is 1280. The number of hydrogen-bond acceptors (Lipinski definition) is 10. The van der Waals surface area contributed by atoms with Crippen LogP contribution < -0.4 is 24.4 Å². The number of halogens is 1. The standard InChI is InChI=1S/C24H25FN4O7/c1-33-21-5-3-16-22(28-21)14(15(25)10-27-16)9-26-11-17(30)23(31)20-12-29(24(32)36-20)13-2-4-18-19(8-13)35-7-6-34-18/h2-5,8,10,17,20,23,26,30-31H,6-7,9,11-12H2,1H3/t17-,20?,23+/m0/s1. The van der Waals surface area contributed by atoms with Crippen LogP contribution in [0.4, 0.5) is 14.9 Å². The third-order valence-corrected chi connectivity index (χ3v) is 6.05. The Labute approximate surface area is 205 Å². The van der Waals surface area contributed by atoms with Crippen molar-refractivity contribution in [3.63, 3.8) is 0 Å². The lowest BCUT2D eigenvalue weighted by molar-refractivity contribution is -0.0460. The highest BCUT2D eigenvalue weighted by Crippen LogP contribution is 2.35. The van der Waals surface area contributed by atoms with Crippen molar-refractivity contribution in [1.82, 2.24) is 15.3 Å². The molecule has 0 saturated carbocycles. The summed E-state index contributed by atoms with van der Waals surface area (Å²) in [5.74, 6) is 0.855. The first-order chi connectivity index (χ1) is 17.4. The van der Waals surface area contributed by atoms with Crippen molar-refractivity contribution in [3.8, 4) is 17.4 Å². The lowest BCUT2D eigenvalue weighted by Crippen LogP contribution is -2.44. The van der Waals surface area contributed by atoms with Crippen LogP contribution in [0.1, 0.15) is 5.56 Å². The van der Waals surface area contributed by atoms with Crippen LogP contribution in [0, 0.1) is 5.82 Å². The number of carbonyl (C=O) groups excluding carboxylic acids is 1. The maximum absolute atomic E-state index is 14.5. The van der Waals surface area contributed by atoms with Crippen molar-refractivity contribution in [2.24, 2.45) is 0 Å². The maximum Gasteiger partial charge on any atom is 0.414 e. The van der Waals surface area contributed by atoms with Gasteiger partial charge in [-0.2, -0.15) is 0 Å². The van der Waals surface area contributed by atoms with Gasteiger partial charge in [-0.15, -0.1) is 0 Å². The van der Waals surface area contributed by atoms with Crippen LogP contribution in [0.2, 0.25) is 0 Å². The molecule has 1 saturated heterocycles. The number of benzene rings is 1. The van der Waals surface area contributed by atoms with Crippen LogP contribution in [0.15, 0.2) is 36.5 Å². The molecule has 0 radical (unpaired) electrons. The number of nitrogens with zero attached hydrogens (tertiary/aromatic N) is 3. The number of rotatable bonds is 8. The van der Waals surface area contributed by atoms with Crippen LogP contribution in [0.5, 0.6) is 17.4 Å². The topological polar surface area (TPSA) is 136 Å². The van der Waals surface area contributed by atoms with Crippen molar-refractivity contribution >= 4 is 22.8 Å². The molecule has 12 heteroatoms. The highest BCUT2D eigenvalue weighted by atomic mass is 19.1. The molecule has 3 atom stereocenters. The van der Waals surface area contributed by atoms with Gasteiger partial charge in [0.15, 0.2) is 17.6 Å². The zero-order valence-electron chi connectivity index (χ0n) is 19.4. The second-order valence-corrected chi connectivity index (χ2v) is 8.36. The zero-order chi connectivity index (χ0) is 25.2. The number of nitrogens with one attached hydrogen (secondary N) is 1. The number of pyridine rings is 2. The van der Waals surface area contributed by atoms with Crippen molar-refractivity contribution in [3.05, 3.63) is 47.9 Å². The summed E-state index contributed by atoms with van der Waals surface area (Å²) in [6.07, 6.45) is -3.18. The second kappa shape index (κ2) is 10.1. The number of cyclic esters (lactones) is 1. The molecule has 2 aromatic heterocycles. The minimum atomic E-state index is -1.37. The summed E-state index contributed by atoms with van der Waals surface area (Å²) in [6.45, 7) is 0.816. The molecule has 0 bridgehead atoms. The van der Waals surface area contributed by atoms with Crippen molar-refractivity contribution in [1.29, 1.82) is 0 Å². The largest absolute Gasteiger partial charge is 0.486 e. The van der Waals surface area contributed by atoms with Gasteiger partial charge >= 0.3 is 6.09 Å². The molecule has 4 heterocycles. The molecular formula is C24H25FN4O7. The SMILES string of the molecule is COc1ccc2ncc(F)c(CNC[C@H](O)[C@@H](O)C3CN(c4ccc5c(c4)OCCO5)C(=O)O3)c2n1. The van der Waals surface area contributed by atoms with Crippen LogP contribution in [0.3, 0.4) is 0 Å². The van der Waals surface area contributed by atoms with E-state index in [9.17, 15) is 19.4 Å². The first-order valence-electron chi connectivity index (χ1n) is 11.4. The van der Waals surface area contributed by atoms with E-state index in [0.29, 0.717) is 47.3 Å². The summed E-state index contributed by atoms with van der Waals surface area (Å²) in [6, 6.07) is 8.36. The molecule has 0 aliphatic carbocycles. The van der Waals surface area contributed by atoms with Crippen molar-refractivity contribution in [2.45, 2.75) is 24.9 Å². The summed E-state index contributed by atoms with van der Waals surface area (Å²) < 4.78 is 35.9. The van der Waals surface area contributed by atoms with E-state index in [1.54, 1.807) is 30.3 Å². The van der Waals surface area contributed by atoms with Gasteiger partial charge in [0.2, 0.25) is 5.88 Å². The zero-order valence-corrected chi connectivity index (χ0v) is 19.4. The Hall–Kier alpha value is -3.74. The van der Waals surface area contributed by atoms with E-state index < -0.39 is 30.2 Å². The Morgan fingerprint density at radius 3 is 2.83 bits per heavy atom. The van der Waals surface area contributed by atoms with Crippen LogP contribution in [0.25, 0.3) is 11.0 Å². The predicted octanol–water partition coefficient (Wildman–Crippen LogP) is 1.39. The number of anilines is 1. The number of hydrogen-bond donors (Lipinski definition) is 3. The van der Waals surface area contributed by atoms with Gasteiger partial charge in [0, 0.05) is 30.8 Å². The summed E-state index contributed by atoms with van der Waals surface area (Å²) in [4.78, 5) is 22.1. The molecule has 36 heavy (non-hydrogen) atoms. The highest BCUT2D eigenvalue weighted by Gasteiger charge is 2.39. The number of aliphatic hydroxyl groups is 2.